The predicted octanol–water partition coefficient (Wildman–Crippen LogP) is 4.38. The summed E-state index contributed by atoms with van der Waals surface area (Å²) < 4.78 is 22.0. The summed E-state index contributed by atoms with van der Waals surface area (Å²) in [7, 11) is 3.12. The minimum absolute atomic E-state index is 0.143. The van der Waals surface area contributed by atoms with Crippen LogP contribution < -0.4 is 23.8 Å². The van der Waals surface area contributed by atoms with E-state index in [-0.39, 0.29) is 5.91 Å². The van der Waals surface area contributed by atoms with Gasteiger partial charge in [0.25, 0.3) is 5.91 Å². The highest BCUT2D eigenvalue weighted by Crippen LogP contribution is 2.36. The van der Waals surface area contributed by atoms with E-state index in [0.29, 0.717) is 48.3 Å². The highest BCUT2D eigenvalue weighted by molar-refractivity contribution is 7.09. The van der Waals surface area contributed by atoms with Crippen LogP contribution in [0.5, 0.6) is 23.0 Å². The minimum atomic E-state index is -0.143. The van der Waals surface area contributed by atoms with Gasteiger partial charge in [-0.15, -0.1) is 11.3 Å². The first-order chi connectivity index (χ1) is 14.2. The summed E-state index contributed by atoms with van der Waals surface area (Å²) in [5, 5.41) is 2.00. The number of fused-ring (bicyclic) bond motifs is 1. The van der Waals surface area contributed by atoms with Crippen molar-refractivity contribution in [2.75, 3.05) is 32.3 Å². The fourth-order valence-electron chi connectivity index (χ4n) is 3.16. The van der Waals surface area contributed by atoms with Crippen molar-refractivity contribution in [2.24, 2.45) is 0 Å². The average molecular weight is 411 g/mol. The molecule has 0 atom stereocenters. The molecule has 0 saturated heterocycles. The van der Waals surface area contributed by atoms with E-state index in [1.807, 2.05) is 35.7 Å². The zero-order valence-corrected chi connectivity index (χ0v) is 17.0. The van der Waals surface area contributed by atoms with Gasteiger partial charge in [0, 0.05) is 22.2 Å². The van der Waals surface area contributed by atoms with Crippen molar-refractivity contribution in [2.45, 2.75) is 6.54 Å². The summed E-state index contributed by atoms with van der Waals surface area (Å²) in [6.45, 7) is 1.46. The van der Waals surface area contributed by atoms with Crippen molar-refractivity contribution >= 4 is 22.9 Å². The third-order valence-electron chi connectivity index (χ3n) is 4.61. The van der Waals surface area contributed by atoms with Gasteiger partial charge in [-0.1, -0.05) is 6.07 Å². The van der Waals surface area contributed by atoms with Gasteiger partial charge in [0.15, 0.2) is 23.0 Å². The van der Waals surface area contributed by atoms with Crippen LogP contribution in [0.2, 0.25) is 0 Å². The van der Waals surface area contributed by atoms with Gasteiger partial charge >= 0.3 is 0 Å². The zero-order valence-electron chi connectivity index (χ0n) is 16.2. The molecule has 1 aliphatic rings. The maximum absolute atomic E-state index is 13.5. The van der Waals surface area contributed by atoms with Crippen LogP contribution in [0.1, 0.15) is 15.2 Å². The molecule has 0 radical (unpaired) electrons. The molecule has 7 heteroatoms. The maximum Gasteiger partial charge on any atom is 0.258 e. The van der Waals surface area contributed by atoms with Crippen LogP contribution in [0, 0.1) is 0 Å². The Morgan fingerprint density at radius 1 is 1.00 bits per heavy atom. The van der Waals surface area contributed by atoms with Gasteiger partial charge in [-0.2, -0.15) is 0 Å². The molecule has 1 aromatic heterocycles. The Hall–Kier alpha value is -3.19. The van der Waals surface area contributed by atoms with Crippen molar-refractivity contribution < 1.29 is 23.7 Å². The number of anilines is 1. The van der Waals surface area contributed by atoms with E-state index >= 15 is 0 Å². The number of amides is 1. The molecule has 29 heavy (non-hydrogen) atoms. The van der Waals surface area contributed by atoms with E-state index in [1.54, 1.807) is 48.7 Å². The summed E-state index contributed by atoms with van der Waals surface area (Å²) in [6, 6.07) is 14.7. The lowest BCUT2D eigenvalue weighted by molar-refractivity contribution is 0.0984. The number of carbonyl (C=O) groups is 1. The second-order valence-corrected chi connectivity index (χ2v) is 7.40. The van der Waals surface area contributed by atoms with Crippen LogP contribution in [0.25, 0.3) is 0 Å². The molecule has 0 fully saturated rings. The molecular weight excluding hydrogens is 390 g/mol. The number of methoxy groups -OCH3 is 2. The molecule has 0 N–H and O–H groups in total. The zero-order chi connectivity index (χ0) is 20.2. The number of benzene rings is 2. The highest BCUT2D eigenvalue weighted by Gasteiger charge is 2.22. The van der Waals surface area contributed by atoms with E-state index < -0.39 is 0 Å². The molecule has 1 amide bonds. The quantitative estimate of drug-likeness (QED) is 0.602. The van der Waals surface area contributed by atoms with Gasteiger partial charge in [-0.25, -0.2) is 0 Å². The molecule has 0 unspecified atom stereocenters. The average Bonchev–Trinajstić information content (AvgIpc) is 3.29. The molecule has 6 nitrogen and oxygen atoms in total. The summed E-state index contributed by atoms with van der Waals surface area (Å²) in [5.74, 6) is 2.28. The van der Waals surface area contributed by atoms with Crippen LogP contribution in [0.4, 0.5) is 5.69 Å². The van der Waals surface area contributed by atoms with Gasteiger partial charge in [-0.05, 0) is 41.8 Å². The number of hydrogen-bond acceptors (Lipinski definition) is 6. The first-order valence-corrected chi connectivity index (χ1v) is 10.0. The van der Waals surface area contributed by atoms with E-state index in [1.165, 1.54) is 0 Å². The predicted molar refractivity (Wildman–Crippen MR) is 112 cm³/mol. The van der Waals surface area contributed by atoms with Crippen molar-refractivity contribution in [3.8, 4) is 23.0 Å². The third-order valence-corrected chi connectivity index (χ3v) is 5.47. The Kier molecular flexibility index (Phi) is 5.57. The van der Waals surface area contributed by atoms with Crippen LogP contribution in [0.3, 0.4) is 0 Å². The lowest BCUT2D eigenvalue weighted by Crippen LogP contribution is -2.30. The standard InChI is InChI=1S/C22H21NO5S/c1-25-18-7-5-15(12-20(18)26-2)22(24)23(14-17-4-3-11-29-17)16-6-8-19-21(13-16)28-10-9-27-19/h3-8,11-13H,9-10,14H2,1-2H3. The Morgan fingerprint density at radius 2 is 1.79 bits per heavy atom. The van der Waals surface area contributed by atoms with Crippen molar-refractivity contribution in [3.05, 3.63) is 64.4 Å². The lowest BCUT2D eigenvalue weighted by Gasteiger charge is -2.25. The van der Waals surface area contributed by atoms with Gasteiger partial charge in [0.1, 0.15) is 13.2 Å². The molecule has 0 spiro atoms. The number of hydrogen-bond donors (Lipinski definition) is 0. The first-order valence-electron chi connectivity index (χ1n) is 9.15. The fraction of sp³-hybridized carbons (Fsp3) is 0.227. The van der Waals surface area contributed by atoms with E-state index in [4.69, 9.17) is 18.9 Å². The molecule has 0 saturated carbocycles. The molecule has 2 heterocycles. The van der Waals surface area contributed by atoms with Crippen LogP contribution in [-0.4, -0.2) is 33.3 Å². The Labute approximate surface area is 173 Å². The van der Waals surface area contributed by atoms with Crippen molar-refractivity contribution in [3.63, 3.8) is 0 Å². The fourth-order valence-corrected chi connectivity index (χ4v) is 3.86. The summed E-state index contributed by atoms with van der Waals surface area (Å²) in [6.07, 6.45) is 0. The number of thiophene rings is 1. The topological polar surface area (TPSA) is 57.2 Å². The first kappa shape index (κ1) is 19.1. The highest BCUT2D eigenvalue weighted by atomic mass is 32.1. The normalized spacial score (nSPS) is 12.3. The van der Waals surface area contributed by atoms with E-state index in [0.717, 1.165) is 10.6 Å². The minimum Gasteiger partial charge on any atom is -0.493 e. The second kappa shape index (κ2) is 8.45. The van der Waals surface area contributed by atoms with E-state index in [2.05, 4.69) is 0 Å². The number of ether oxygens (including phenoxy) is 4. The number of carbonyl (C=O) groups excluding carboxylic acids is 1. The molecule has 2 aromatic carbocycles. The smallest absolute Gasteiger partial charge is 0.258 e. The Balaban J connectivity index is 1.71. The summed E-state index contributed by atoms with van der Waals surface area (Å²) in [5.41, 5.74) is 1.25. The molecular formula is C22H21NO5S. The lowest BCUT2D eigenvalue weighted by atomic mass is 10.1. The van der Waals surface area contributed by atoms with Gasteiger partial charge in [0.05, 0.1) is 20.8 Å². The van der Waals surface area contributed by atoms with Crippen molar-refractivity contribution in [1.29, 1.82) is 0 Å². The van der Waals surface area contributed by atoms with Crippen LogP contribution >= 0.6 is 11.3 Å². The Morgan fingerprint density at radius 3 is 2.52 bits per heavy atom. The van der Waals surface area contributed by atoms with Crippen molar-refractivity contribution in [1.82, 2.24) is 0 Å². The van der Waals surface area contributed by atoms with Gasteiger partial charge in [0.2, 0.25) is 0 Å². The summed E-state index contributed by atoms with van der Waals surface area (Å²) >= 11 is 1.61. The van der Waals surface area contributed by atoms with Gasteiger partial charge in [-0.3, -0.25) is 4.79 Å². The Bertz CT molecular complexity index is 1000. The molecule has 0 aliphatic carbocycles. The van der Waals surface area contributed by atoms with Crippen LogP contribution in [0.15, 0.2) is 53.9 Å². The monoisotopic (exact) mass is 411 g/mol. The maximum atomic E-state index is 13.5. The third kappa shape index (κ3) is 4.00. The molecule has 4 rings (SSSR count). The van der Waals surface area contributed by atoms with Gasteiger partial charge < -0.3 is 23.8 Å². The second-order valence-electron chi connectivity index (χ2n) is 6.37. The van der Waals surface area contributed by atoms with Crippen LogP contribution in [-0.2, 0) is 6.54 Å². The summed E-state index contributed by atoms with van der Waals surface area (Å²) in [4.78, 5) is 16.3. The molecule has 1 aliphatic heterocycles. The SMILES string of the molecule is COc1ccc(C(=O)N(Cc2cccs2)c2ccc3c(c2)OCCO3)cc1OC. The largest absolute Gasteiger partial charge is 0.493 e. The number of nitrogens with zero attached hydrogens (tertiary/aromatic N) is 1. The molecule has 3 aromatic rings. The van der Waals surface area contributed by atoms with E-state index in [9.17, 15) is 4.79 Å². The molecule has 150 valence electrons. The number of rotatable bonds is 6. The molecule has 0 bridgehead atoms.